The fourth-order valence-corrected chi connectivity index (χ4v) is 4.56. The van der Waals surface area contributed by atoms with E-state index in [-0.39, 0.29) is 0 Å². The third-order valence-corrected chi connectivity index (χ3v) is 6.26. The molecule has 0 radical (unpaired) electrons. The quantitative estimate of drug-likeness (QED) is 0.631. The molecular formula is C24H26ClN5O. The molecule has 160 valence electrons. The largest absolute Gasteiger partial charge is 0.495 e. The van der Waals surface area contributed by atoms with Gasteiger partial charge in [-0.15, -0.1) is 0 Å². The normalized spacial score (nSPS) is 17.4. The number of para-hydroxylation sites is 2. The van der Waals surface area contributed by atoms with Crippen LogP contribution < -0.4 is 9.64 Å². The van der Waals surface area contributed by atoms with E-state index in [4.69, 9.17) is 26.3 Å². The number of aromatic nitrogens is 2. The highest BCUT2D eigenvalue weighted by Crippen LogP contribution is 2.29. The predicted octanol–water partition coefficient (Wildman–Crippen LogP) is 4.97. The lowest BCUT2D eigenvalue weighted by atomic mass is 10.1. The number of rotatable bonds is 3. The van der Waals surface area contributed by atoms with Crippen LogP contribution in [0.2, 0.25) is 5.02 Å². The van der Waals surface area contributed by atoms with Crippen LogP contribution in [0.1, 0.15) is 25.1 Å². The van der Waals surface area contributed by atoms with Gasteiger partial charge in [0.25, 0.3) is 0 Å². The fourth-order valence-electron chi connectivity index (χ4n) is 4.39. The van der Waals surface area contributed by atoms with Crippen LogP contribution in [-0.4, -0.2) is 54.0 Å². The zero-order valence-electron chi connectivity index (χ0n) is 17.6. The van der Waals surface area contributed by atoms with Crippen LogP contribution >= 0.6 is 11.6 Å². The number of allylic oxidation sites excluding steroid dienone is 1. The van der Waals surface area contributed by atoms with Gasteiger partial charge in [-0.1, -0.05) is 23.7 Å². The van der Waals surface area contributed by atoms with Gasteiger partial charge in [-0.2, -0.15) is 0 Å². The van der Waals surface area contributed by atoms with E-state index in [0.717, 1.165) is 73.6 Å². The number of aromatic amines is 1. The first-order valence-corrected chi connectivity index (χ1v) is 11.1. The number of aliphatic imine (C=N–C) groups is 1. The average molecular weight is 436 g/mol. The first kappa shape index (κ1) is 19.9. The minimum Gasteiger partial charge on any atom is -0.495 e. The number of H-pyrrole nitrogens is 1. The number of anilines is 1. The Labute approximate surface area is 187 Å². The number of nitrogens with zero attached hydrogens (tertiary/aromatic N) is 4. The maximum Gasteiger partial charge on any atom is 0.142 e. The molecule has 0 amide bonds. The number of hydrogen-bond donors (Lipinski definition) is 1. The van der Waals surface area contributed by atoms with Crippen molar-refractivity contribution in [2.24, 2.45) is 4.99 Å². The van der Waals surface area contributed by atoms with Gasteiger partial charge in [0.15, 0.2) is 0 Å². The van der Waals surface area contributed by atoms with Gasteiger partial charge in [0.2, 0.25) is 0 Å². The Hall–Kier alpha value is -2.99. The molecule has 2 aliphatic heterocycles. The zero-order valence-corrected chi connectivity index (χ0v) is 18.4. The number of ether oxygens (including phenoxy) is 1. The van der Waals surface area contributed by atoms with Crippen LogP contribution in [0, 0.1) is 0 Å². The summed E-state index contributed by atoms with van der Waals surface area (Å²) in [6.07, 6.45) is 4.93. The van der Waals surface area contributed by atoms with Gasteiger partial charge in [0.1, 0.15) is 17.4 Å². The first-order chi connectivity index (χ1) is 15.2. The van der Waals surface area contributed by atoms with Crippen LogP contribution in [0.3, 0.4) is 0 Å². The van der Waals surface area contributed by atoms with Crippen molar-refractivity contribution in [2.75, 3.05) is 38.2 Å². The minimum absolute atomic E-state index is 0.712. The Kier molecular flexibility index (Phi) is 5.55. The Morgan fingerprint density at radius 1 is 1.00 bits per heavy atom. The zero-order chi connectivity index (χ0) is 21.2. The van der Waals surface area contributed by atoms with Crippen molar-refractivity contribution < 1.29 is 4.74 Å². The number of hydrogen-bond acceptors (Lipinski definition) is 5. The number of fused-ring (bicyclic) bond motifs is 1. The summed E-state index contributed by atoms with van der Waals surface area (Å²) in [5.74, 6) is 2.99. The van der Waals surface area contributed by atoms with Crippen molar-refractivity contribution >= 4 is 39.7 Å². The topological polar surface area (TPSA) is 56.8 Å². The highest BCUT2D eigenvalue weighted by molar-refractivity contribution is 6.31. The molecule has 2 aliphatic rings. The number of imidazole rings is 1. The molecule has 7 heteroatoms. The van der Waals surface area contributed by atoms with Gasteiger partial charge in [-0.05, 0) is 43.2 Å². The molecule has 1 aromatic heterocycles. The number of halogens is 1. The van der Waals surface area contributed by atoms with E-state index >= 15 is 0 Å². The number of nitrogens with one attached hydrogen (secondary N) is 1. The lowest BCUT2D eigenvalue weighted by Gasteiger charge is -2.27. The van der Waals surface area contributed by atoms with E-state index in [1.807, 2.05) is 36.5 Å². The molecule has 5 rings (SSSR count). The molecule has 0 unspecified atom stereocenters. The molecule has 2 aromatic carbocycles. The molecule has 1 N–H and O–H groups in total. The van der Waals surface area contributed by atoms with Gasteiger partial charge in [-0.25, -0.2) is 9.98 Å². The number of methoxy groups -OCH3 is 1. The van der Waals surface area contributed by atoms with Crippen molar-refractivity contribution in [3.05, 3.63) is 59.5 Å². The number of amidine groups is 1. The Balaban J connectivity index is 1.30. The molecule has 6 nitrogen and oxygen atoms in total. The Morgan fingerprint density at radius 3 is 2.68 bits per heavy atom. The Bertz CT molecular complexity index is 1150. The molecule has 0 spiro atoms. The van der Waals surface area contributed by atoms with Crippen LogP contribution in [-0.2, 0) is 0 Å². The van der Waals surface area contributed by atoms with Crippen LogP contribution in [0.4, 0.5) is 5.69 Å². The summed E-state index contributed by atoms with van der Waals surface area (Å²) >= 11 is 6.10. The third kappa shape index (κ3) is 4.12. The number of benzene rings is 2. The standard InChI is InChI=1S/C24H26ClN5O/c1-31-22-6-3-2-5-21(22)29-11-4-12-30(14-13-29)23-10-7-17(16-26-23)24-27-19-9-8-18(25)15-20(19)28-24/h2-3,5-6,8-9,15-16H,4,7,10-14H2,1H3,(H,27,28). The second-order valence-corrected chi connectivity index (χ2v) is 8.38. The maximum atomic E-state index is 6.10. The predicted molar refractivity (Wildman–Crippen MR) is 127 cm³/mol. The van der Waals surface area contributed by atoms with E-state index in [0.29, 0.717) is 5.02 Å². The summed E-state index contributed by atoms with van der Waals surface area (Å²) < 4.78 is 5.56. The van der Waals surface area contributed by atoms with Crippen molar-refractivity contribution in [2.45, 2.75) is 19.3 Å². The van der Waals surface area contributed by atoms with E-state index < -0.39 is 0 Å². The van der Waals surface area contributed by atoms with Crippen molar-refractivity contribution in [1.82, 2.24) is 14.9 Å². The van der Waals surface area contributed by atoms with E-state index in [1.165, 1.54) is 11.5 Å². The fraction of sp³-hybridized carbons (Fsp3) is 0.333. The highest BCUT2D eigenvalue weighted by atomic mass is 35.5. The Morgan fingerprint density at radius 2 is 1.84 bits per heavy atom. The lowest BCUT2D eigenvalue weighted by Crippen LogP contribution is -2.35. The molecular weight excluding hydrogens is 410 g/mol. The molecule has 1 fully saturated rings. The van der Waals surface area contributed by atoms with E-state index in [9.17, 15) is 0 Å². The van der Waals surface area contributed by atoms with Gasteiger partial charge in [0, 0.05) is 49.4 Å². The second-order valence-electron chi connectivity index (χ2n) is 7.95. The third-order valence-electron chi connectivity index (χ3n) is 6.02. The second kappa shape index (κ2) is 8.63. The van der Waals surface area contributed by atoms with Crippen LogP contribution in [0.15, 0.2) is 53.7 Å². The summed E-state index contributed by atoms with van der Waals surface area (Å²) in [6.45, 7) is 3.97. The van der Waals surface area contributed by atoms with Crippen LogP contribution in [0.5, 0.6) is 5.75 Å². The monoisotopic (exact) mass is 435 g/mol. The molecule has 0 bridgehead atoms. The summed E-state index contributed by atoms with van der Waals surface area (Å²) in [7, 11) is 1.74. The average Bonchev–Trinajstić information content (AvgIpc) is 3.07. The van der Waals surface area contributed by atoms with Crippen molar-refractivity contribution in [1.29, 1.82) is 0 Å². The maximum absolute atomic E-state index is 6.10. The molecule has 0 atom stereocenters. The van der Waals surface area contributed by atoms with Gasteiger partial charge >= 0.3 is 0 Å². The minimum atomic E-state index is 0.712. The molecule has 3 heterocycles. The SMILES string of the molecule is COc1ccccc1N1CCCN(C2=NC=C(c3nc4ccc(Cl)cc4[nH]3)CC2)CC1. The summed E-state index contributed by atoms with van der Waals surface area (Å²) in [5.41, 5.74) is 4.20. The van der Waals surface area contributed by atoms with E-state index in [1.54, 1.807) is 7.11 Å². The van der Waals surface area contributed by atoms with Crippen molar-refractivity contribution in [3.8, 4) is 5.75 Å². The smallest absolute Gasteiger partial charge is 0.142 e. The van der Waals surface area contributed by atoms with E-state index in [2.05, 4.69) is 26.9 Å². The highest BCUT2D eigenvalue weighted by Gasteiger charge is 2.22. The molecule has 0 saturated carbocycles. The van der Waals surface area contributed by atoms with Crippen molar-refractivity contribution in [3.63, 3.8) is 0 Å². The summed E-state index contributed by atoms with van der Waals surface area (Å²) in [5, 5.41) is 0.712. The molecule has 31 heavy (non-hydrogen) atoms. The first-order valence-electron chi connectivity index (χ1n) is 10.8. The summed E-state index contributed by atoms with van der Waals surface area (Å²) in [6, 6.07) is 14.0. The molecule has 3 aromatic rings. The lowest BCUT2D eigenvalue weighted by molar-refractivity contribution is 0.414. The summed E-state index contributed by atoms with van der Waals surface area (Å²) in [4.78, 5) is 17.8. The van der Waals surface area contributed by atoms with Gasteiger partial charge < -0.3 is 19.5 Å². The molecule has 0 aliphatic carbocycles. The van der Waals surface area contributed by atoms with Gasteiger partial charge in [0.05, 0.1) is 23.8 Å². The molecule has 1 saturated heterocycles. The van der Waals surface area contributed by atoms with Crippen LogP contribution in [0.25, 0.3) is 16.6 Å². The van der Waals surface area contributed by atoms with Gasteiger partial charge in [-0.3, -0.25) is 0 Å².